The van der Waals surface area contributed by atoms with E-state index in [2.05, 4.69) is 43.8 Å². The molecule has 0 bridgehead atoms. The number of halogens is 3. The lowest BCUT2D eigenvalue weighted by Crippen LogP contribution is -2.12. The van der Waals surface area contributed by atoms with Crippen LogP contribution in [-0.2, 0) is 0 Å². The molecule has 3 rings (SSSR count). The van der Waals surface area contributed by atoms with Crippen LogP contribution in [0.1, 0.15) is 10.4 Å². The van der Waals surface area contributed by atoms with Crippen molar-refractivity contribution < 1.29 is 4.79 Å². The van der Waals surface area contributed by atoms with Crippen molar-refractivity contribution in [1.29, 1.82) is 0 Å². The molecule has 0 saturated carbocycles. The van der Waals surface area contributed by atoms with Crippen LogP contribution in [0.4, 0.5) is 5.69 Å². The van der Waals surface area contributed by atoms with Crippen LogP contribution in [0, 0.1) is 2.88 Å². The molecule has 0 spiro atoms. The van der Waals surface area contributed by atoms with E-state index in [1.54, 1.807) is 11.3 Å². The standard InChI is InChI=1S/C17H10BrClINOS/c18-13-6-5-10(9-14(13)19)11-3-1-2-4-15(11)21-17(22)12-7-8-23-16(12)20/h1-9H,(H,21,22). The molecule has 116 valence electrons. The number of hydrogen-bond donors (Lipinski definition) is 1. The fraction of sp³-hybridized carbons (Fsp3) is 0. The summed E-state index contributed by atoms with van der Waals surface area (Å²) in [4.78, 5) is 12.5. The van der Waals surface area contributed by atoms with Gasteiger partial charge in [0.15, 0.2) is 0 Å². The van der Waals surface area contributed by atoms with Gasteiger partial charge in [0.05, 0.1) is 13.5 Å². The molecule has 3 aromatic rings. The maximum absolute atomic E-state index is 12.5. The van der Waals surface area contributed by atoms with Crippen molar-refractivity contribution in [2.45, 2.75) is 0 Å². The number of carbonyl (C=O) groups excluding carboxylic acids is 1. The van der Waals surface area contributed by atoms with Crippen LogP contribution in [0.15, 0.2) is 58.4 Å². The van der Waals surface area contributed by atoms with E-state index in [0.29, 0.717) is 10.6 Å². The molecule has 0 atom stereocenters. The Bertz CT molecular complexity index is 881. The highest BCUT2D eigenvalue weighted by atomic mass is 127. The number of benzene rings is 2. The zero-order valence-electron chi connectivity index (χ0n) is 11.6. The van der Waals surface area contributed by atoms with Gasteiger partial charge in [-0.15, -0.1) is 11.3 Å². The predicted octanol–water partition coefficient (Wildman–Crippen LogP) is 6.69. The minimum atomic E-state index is -0.105. The smallest absolute Gasteiger partial charge is 0.257 e. The number of para-hydroxylation sites is 1. The van der Waals surface area contributed by atoms with E-state index in [1.807, 2.05) is 53.9 Å². The molecule has 0 radical (unpaired) electrons. The minimum Gasteiger partial charge on any atom is -0.321 e. The zero-order valence-corrected chi connectivity index (χ0v) is 17.0. The van der Waals surface area contributed by atoms with Gasteiger partial charge >= 0.3 is 0 Å². The van der Waals surface area contributed by atoms with Crippen LogP contribution in [0.2, 0.25) is 5.02 Å². The first-order valence-corrected chi connectivity index (χ1v) is 9.78. The summed E-state index contributed by atoms with van der Waals surface area (Å²) in [5, 5.41) is 5.54. The molecule has 1 amide bonds. The molecule has 1 aromatic heterocycles. The Hall–Kier alpha value is -0.890. The second kappa shape index (κ2) is 7.34. The van der Waals surface area contributed by atoms with E-state index in [4.69, 9.17) is 11.6 Å². The van der Waals surface area contributed by atoms with E-state index in [9.17, 15) is 4.79 Å². The summed E-state index contributed by atoms with van der Waals surface area (Å²) in [5.41, 5.74) is 3.34. The Balaban J connectivity index is 1.96. The van der Waals surface area contributed by atoms with Gasteiger partial charge in [0.2, 0.25) is 0 Å². The van der Waals surface area contributed by atoms with Crippen molar-refractivity contribution in [3.63, 3.8) is 0 Å². The quantitative estimate of drug-likeness (QED) is 0.385. The van der Waals surface area contributed by atoms with Crippen molar-refractivity contribution in [2.75, 3.05) is 5.32 Å². The first-order valence-electron chi connectivity index (χ1n) is 6.65. The molecule has 0 aliphatic rings. The fourth-order valence-electron chi connectivity index (χ4n) is 2.15. The van der Waals surface area contributed by atoms with E-state index in [0.717, 1.165) is 24.2 Å². The molecular formula is C17H10BrClINOS. The van der Waals surface area contributed by atoms with Crippen LogP contribution in [0.3, 0.4) is 0 Å². The fourth-order valence-corrected chi connectivity index (χ4v) is 4.06. The number of anilines is 1. The Morgan fingerprint density at radius 1 is 1.17 bits per heavy atom. The van der Waals surface area contributed by atoms with Gasteiger partial charge in [0.1, 0.15) is 0 Å². The van der Waals surface area contributed by atoms with Gasteiger partial charge in [0.25, 0.3) is 5.91 Å². The predicted molar refractivity (Wildman–Crippen MR) is 110 cm³/mol. The Morgan fingerprint density at radius 3 is 2.65 bits per heavy atom. The second-order valence-electron chi connectivity index (χ2n) is 4.74. The summed E-state index contributed by atoms with van der Waals surface area (Å²) in [5.74, 6) is -0.105. The molecule has 0 aliphatic carbocycles. The van der Waals surface area contributed by atoms with Gasteiger partial charge in [-0.25, -0.2) is 0 Å². The summed E-state index contributed by atoms with van der Waals surface area (Å²) < 4.78 is 1.82. The van der Waals surface area contributed by atoms with Crippen molar-refractivity contribution in [3.8, 4) is 11.1 Å². The average Bonchev–Trinajstić information content (AvgIpc) is 2.97. The van der Waals surface area contributed by atoms with Crippen LogP contribution >= 0.6 is 61.5 Å². The normalized spacial score (nSPS) is 10.6. The van der Waals surface area contributed by atoms with E-state index in [1.165, 1.54) is 0 Å². The van der Waals surface area contributed by atoms with E-state index < -0.39 is 0 Å². The largest absolute Gasteiger partial charge is 0.321 e. The number of carbonyl (C=O) groups is 1. The maximum Gasteiger partial charge on any atom is 0.257 e. The third kappa shape index (κ3) is 3.79. The van der Waals surface area contributed by atoms with Gasteiger partial charge < -0.3 is 5.32 Å². The lowest BCUT2D eigenvalue weighted by molar-refractivity contribution is 0.102. The second-order valence-corrected chi connectivity index (χ2v) is 8.72. The molecule has 6 heteroatoms. The average molecular weight is 519 g/mol. The molecule has 1 heterocycles. The van der Waals surface area contributed by atoms with Crippen molar-refractivity contribution in [1.82, 2.24) is 0 Å². The highest BCUT2D eigenvalue weighted by molar-refractivity contribution is 14.1. The Morgan fingerprint density at radius 2 is 1.96 bits per heavy atom. The lowest BCUT2D eigenvalue weighted by Gasteiger charge is -2.12. The highest BCUT2D eigenvalue weighted by Crippen LogP contribution is 2.33. The number of thiophene rings is 1. The van der Waals surface area contributed by atoms with Crippen LogP contribution in [0.25, 0.3) is 11.1 Å². The molecule has 2 aromatic carbocycles. The molecule has 0 fully saturated rings. The van der Waals surface area contributed by atoms with Gasteiger partial charge in [-0.1, -0.05) is 35.9 Å². The van der Waals surface area contributed by atoms with E-state index in [-0.39, 0.29) is 5.91 Å². The molecule has 2 nitrogen and oxygen atoms in total. The number of nitrogens with one attached hydrogen (secondary N) is 1. The topological polar surface area (TPSA) is 29.1 Å². The molecule has 0 unspecified atom stereocenters. The van der Waals surface area contributed by atoms with Crippen LogP contribution in [-0.4, -0.2) is 5.91 Å². The minimum absolute atomic E-state index is 0.105. The number of rotatable bonds is 3. The Labute approximate surface area is 165 Å². The molecule has 1 N–H and O–H groups in total. The third-order valence-electron chi connectivity index (χ3n) is 3.27. The first-order chi connectivity index (χ1) is 11.1. The van der Waals surface area contributed by atoms with Gasteiger partial charge in [-0.3, -0.25) is 4.79 Å². The third-order valence-corrected chi connectivity index (χ3v) is 6.54. The SMILES string of the molecule is O=C(Nc1ccccc1-c1ccc(Br)c(Cl)c1)c1ccsc1I. The zero-order chi connectivity index (χ0) is 16.4. The van der Waals surface area contributed by atoms with Gasteiger partial charge in [0, 0.05) is 15.7 Å². The highest BCUT2D eigenvalue weighted by Gasteiger charge is 2.14. The summed E-state index contributed by atoms with van der Waals surface area (Å²) in [7, 11) is 0. The first kappa shape index (κ1) is 17.0. The van der Waals surface area contributed by atoms with Crippen molar-refractivity contribution in [3.05, 3.63) is 71.9 Å². The van der Waals surface area contributed by atoms with E-state index >= 15 is 0 Å². The van der Waals surface area contributed by atoms with Gasteiger partial charge in [-0.2, -0.15) is 0 Å². The summed E-state index contributed by atoms with van der Waals surface area (Å²) in [6.45, 7) is 0. The summed E-state index contributed by atoms with van der Waals surface area (Å²) in [6.07, 6.45) is 0. The number of amides is 1. The maximum atomic E-state index is 12.5. The molecule has 0 saturated heterocycles. The summed E-state index contributed by atoms with van der Waals surface area (Å²) in [6, 6.07) is 15.3. The molecule has 23 heavy (non-hydrogen) atoms. The molecular weight excluding hydrogens is 509 g/mol. The van der Waals surface area contributed by atoms with Crippen LogP contribution < -0.4 is 5.32 Å². The van der Waals surface area contributed by atoms with Crippen LogP contribution in [0.5, 0.6) is 0 Å². The van der Waals surface area contributed by atoms with Crippen molar-refractivity contribution in [2.24, 2.45) is 0 Å². The van der Waals surface area contributed by atoms with Crippen molar-refractivity contribution >= 4 is 73.1 Å². The summed E-state index contributed by atoms with van der Waals surface area (Å²) >= 11 is 13.3. The monoisotopic (exact) mass is 517 g/mol. The Kier molecular flexibility index (Phi) is 5.41. The lowest BCUT2D eigenvalue weighted by atomic mass is 10.0. The van der Waals surface area contributed by atoms with Gasteiger partial charge in [-0.05, 0) is 73.7 Å². The number of hydrogen-bond acceptors (Lipinski definition) is 2. The molecule has 0 aliphatic heterocycles.